The molecule has 0 radical (unpaired) electrons. The molecule has 0 unspecified atom stereocenters. The van der Waals surface area contributed by atoms with Gasteiger partial charge in [-0.3, -0.25) is 0 Å². The van der Waals surface area contributed by atoms with Crippen LogP contribution in [0.5, 0.6) is 0 Å². The van der Waals surface area contributed by atoms with Crippen LogP contribution in [0.25, 0.3) is 75.4 Å². The Labute approximate surface area is 160 Å². The third kappa shape index (κ3) is 1.37. The van der Waals surface area contributed by atoms with Gasteiger partial charge in [0.25, 0.3) is 0 Å². The summed E-state index contributed by atoms with van der Waals surface area (Å²) < 4.78 is 0. The summed E-state index contributed by atoms with van der Waals surface area (Å²) >= 11 is 0. The quantitative estimate of drug-likeness (QED) is 0.191. The molecule has 0 aliphatic carbocycles. The van der Waals surface area contributed by atoms with Crippen LogP contribution < -0.4 is 0 Å². The molecule has 0 saturated heterocycles. The monoisotopic (exact) mass is 350 g/mol. The molecular weight excluding hydrogens is 336 g/mol. The lowest BCUT2D eigenvalue weighted by Gasteiger charge is -2.20. The molecule has 8 rings (SSSR count). The summed E-state index contributed by atoms with van der Waals surface area (Å²) in [6, 6.07) is 32.1. The van der Waals surface area contributed by atoms with E-state index < -0.39 is 0 Å². The van der Waals surface area contributed by atoms with Gasteiger partial charge in [-0.25, -0.2) is 0 Å². The molecule has 126 valence electrons. The second-order valence-corrected chi connectivity index (χ2v) is 8.19. The van der Waals surface area contributed by atoms with E-state index in [9.17, 15) is 0 Å². The van der Waals surface area contributed by atoms with Crippen molar-refractivity contribution < 1.29 is 0 Å². The summed E-state index contributed by atoms with van der Waals surface area (Å²) in [6.07, 6.45) is 0. The fraction of sp³-hybridized carbons (Fsp3) is 0. The molecule has 0 heterocycles. The SMILES string of the molecule is c1cc2ccc3cc4cc5cccc6ccc7cc8cc(c1)c2c3c8c4c7c65. The average Bonchev–Trinajstić information content (AvgIpc) is 2.73. The molecule has 0 aromatic heterocycles. The van der Waals surface area contributed by atoms with Crippen LogP contribution in [0, 0.1) is 0 Å². The maximum atomic E-state index is 2.40. The molecular formula is C28H14. The summed E-state index contributed by atoms with van der Waals surface area (Å²) in [5, 5.41) is 19.3. The second-order valence-electron chi connectivity index (χ2n) is 8.19. The van der Waals surface area contributed by atoms with Gasteiger partial charge in [-0.05, 0) is 99.7 Å². The molecule has 0 heteroatoms. The van der Waals surface area contributed by atoms with Gasteiger partial charge < -0.3 is 0 Å². The molecule has 8 aromatic carbocycles. The van der Waals surface area contributed by atoms with Crippen LogP contribution in [0.1, 0.15) is 0 Å². The summed E-state index contributed by atoms with van der Waals surface area (Å²) in [5.74, 6) is 0. The van der Waals surface area contributed by atoms with Crippen LogP contribution in [-0.2, 0) is 0 Å². The summed E-state index contributed by atoms with van der Waals surface area (Å²) in [5.41, 5.74) is 0. The van der Waals surface area contributed by atoms with E-state index in [-0.39, 0.29) is 0 Å². The van der Waals surface area contributed by atoms with Crippen molar-refractivity contribution in [2.75, 3.05) is 0 Å². The molecule has 0 atom stereocenters. The minimum atomic E-state index is 1.33. The van der Waals surface area contributed by atoms with E-state index >= 15 is 0 Å². The Kier molecular flexibility index (Phi) is 2.06. The van der Waals surface area contributed by atoms with Crippen LogP contribution in [0.2, 0.25) is 0 Å². The molecule has 0 saturated carbocycles. The Bertz CT molecular complexity index is 1710. The first-order chi connectivity index (χ1) is 13.9. The van der Waals surface area contributed by atoms with Crippen molar-refractivity contribution in [1.82, 2.24) is 0 Å². The summed E-state index contributed by atoms with van der Waals surface area (Å²) in [7, 11) is 0. The standard InChI is InChI=1S/C28H14/c1-3-15-7-9-19-14-22-12-18-6-2-4-16-8-10-20-13-21-11-17(5-1)23(15)25(19)27(21)28(22)26(20)24(16)18/h1-14H. The molecule has 0 amide bonds. The van der Waals surface area contributed by atoms with E-state index in [1.165, 1.54) is 75.4 Å². The molecule has 0 fully saturated rings. The highest BCUT2D eigenvalue weighted by atomic mass is 14.2. The Balaban J connectivity index is 1.86. The molecule has 0 bridgehead atoms. The first-order valence-electron chi connectivity index (χ1n) is 9.87. The van der Waals surface area contributed by atoms with Gasteiger partial charge in [0.2, 0.25) is 0 Å². The van der Waals surface area contributed by atoms with Crippen LogP contribution in [0.4, 0.5) is 0 Å². The number of hydrogen-bond acceptors (Lipinski definition) is 0. The van der Waals surface area contributed by atoms with Crippen molar-refractivity contribution in [3.05, 3.63) is 84.9 Å². The molecule has 0 nitrogen and oxygen atoms in total. The third-order valence-electron chi connectivity index (χ3n) is 6.79. The third-order valence-corrected chi connectivity index (χ3v) is 6.79. The number of rotatable bonds is 0. The van der Waals surface area contributed by atoms with E-state index in [1.54, 1.807) is 0 Å². The van der Waals surface area contributed by atoms with E-state index in [4.69, 9.17) is 0 Å². The van der Waals surface area contributed by atoms with Gasteiger partial charge in [0.05, 0.1) is 0 Å². The zero-order chi connectivity index (χ0) is 18.0. The highest BCUT2D eigenvalue weighted by Gasteiger charge is 2.19. The largest absolute Gasteiger partial charge is 0.0610 e. The van der Waals surface area contributed by atoms with Crippen molar-refractivity contribution in [3.8, 4) is 0 Å². The Morgan fingerprint density at radius 1 is 0.250 bits per heavy atom. The van der Waals surface area contributed by atoms with Gasteiger partial charge in [0.15, 0.2) is 0 Å². The average molecular weight is 350 g/mol. The van der Waals surface area contributed by atoms with Crippen molar-refractivity contribution >= 4 is 75.4 Å². The molecule has 0 aliphatic heterocycles. The zero-order valence-corrected chi connectivity index (χ0v) is 15.1. The van der Waals surface area contributed by atoms with Gasteiger partial charge in [0, 0.05) is 0 Å². The zero-order valence-electron chi connectivity index (χ0n) is 15.1. The van der Waals surface area contributed by atoms with Gasteiger partial charge in [-0.15, -0.1) is 0 Å². The summed E-state index contributed by atoms with van der Waals surface area (Å²) in [4.78, 5) is 0. The maximum Gasteiger partial charge on any atom is -0.00134 e. The van der Waals surface area contributed by atoms with Crippen LogP contribution in [0.15, 0.2) is 84.9 Å². The van der Waals surface area contributed by atoms with E-state index in [0.717, 1.165) is 0 Å². The van der Waals surface area contributed by atoms with Gasteiger partial charge in [-0.2, -0.15) is 0 Å². The van der Waals surface area contributed by atoms with E-state index in [1.807, 2.05) is 0 Å². The normalized spacial score (nSPS) is 13.0. The predicted octanol–water partition coefficient (Wildman–Crippen LogP) is 8.07. The summed E-state index contributed by atoms with van der Waals surface area (Å²) in [6.45, 7) is 0. The van der Waals surface area contributed by atoms with E-state index in [2.05, 4.69) is 84.9 Å². The van der Waals surface area contributed by atoms with Gasteiger partial charge >= 0.3 is 0 Å². The minimum absolute atomic E-state index is 1.33. The lowest BCUT2D eigenvalue weighted by atomic mass is 9.83. The fourth-order valence-corrected chi connectivity index (χ4v) is 5.74. The van der Waals surface area contributed by atoms with Crippen LogP contribution in [0.3, 0.4) is 0 Å². The van der Waals surface area contributed by atoms with Gasteiger partial charge in [-0.1, -0.05) is 60.7 Å². The predicted molar refractivity (Wildman–Crippen MR) is 123 cm³/mol. The first kappa shape index (κ1) is 13.5. The lowest BCUT2D eigenvalue weighted by molar-refractivity contribution is 1.80. The highest BCUT2D eigenvalue weighted by molar-refractivity contribution is 6.42. The van der Waals surface area contributed by atoms with Crippen molar-refractivity contribution in [3.63, 3.8) is 0 Å². The Hall–Kier alpha value is -3.64. The molecule has 0 aliphatic rings. The maximum absolute atomic E-state index is 2.40. The van der Waals surface area contributed by atoms with Crippen molar-refractivity contribution in [2.24, 2.45) is 0 Å². The number of benzene rings is 8. The lowest BCUT2D eigenvalue weighted by Crippen LogP contribution is -1.91. The van der Waals surface area contributed by atoms with Crippen molar-refractivity contribution in [1.29, 1.82) is 0 Å². The van der Waals surface area contributed by atoms with Gasteiger partial charge in [0.1, 0.15) is 0 Å². The minimum Gasteiger partial charge on any atom is -0.0610 e. The molecule has 8 aromatic rings. The Morgan fingerprint density at radius 2 is 0.571 bits per heavy atom. The highest BCUT2D eigenvalue weighted by Crippen LogP contribution is 2.47. The molecule has 0 spiro atoms. The molecule has 28 heavy (non-hydrogen) atoms. The smallest absolute Gasteiger partial charge is 0.00134 e. The van der Waals surface area contributed by atoms with Crippen LogP contribution >= 0.6 is 0 Å². The first-order valence-corrected chi connectivity index (χ1v) is 9.87. The van der Waals surface area contributed by atoms with E-state index in [0.29, 0.717) is 0 Å². The number of hydrogen-bond donors (Lipinski definition) is 0. The van der Waals surface area contributed by atoms with Crippen molar-refractivity contribution in [2.45, 2.75) is 0 Å². The fourth-order valence-electron chi connectivity index (χ4n) is 5.74. The van der Waals surface area contributed by atoms with Crippen LogP contribution in [-0.4, -0.2) is 0 Å². The Morgan fingerprint density at radius 3 is 1.04 bits per heavy atom. The topological polar surface area (TPSA) is 0 Å². The second kappa shape index (κ2) is 4.26. The molecule has 0 N–H and O–H groups in total.